The Labute approximate surface area is 154 Å². The van der Waals surface area contributed by atoms with Gasteiger partial charge in [0.1, 0.15) is 5.60 Å². The molecule has 1 aliphatic rings. The lowest BCUT2D eigenvalue weighted by Gasteiger charge is -2.33. The van der Waals surface area contributed by atoms with Crippen molar-refractivity contribution >= 4 is 6.09 Å². The predicted octanol–water partition coefficient (Wildman–Crippen LogP) is 3.45. The summed E-state index contributed by atoms with van der Waals surface area (Å²) in [6.07, 6.45) is 5.66. The van der Waals surface area contributed by atoms with Crippen molar-refractivity contribution in [1.29, 1.82) is 0 Å². The average Bonchev–Trinajstić information content (AvgIpc) is 3.10. The minimum atomic E-state index is -0.450. The maximum Gasteiger partial charge on any atom is 0.410 e. The Morgan fingerprint density at radius 2 is 1.88 bits per heavy atom. The second kappa shape index (κ2) is 7.50. The van der Waals surface area contributed by atoms with E-state index in [9.17, 15) is 4.79 Å². The van der Waals surface area contributed by atoms with Gasteiger partial charge in [0, 0.05) is 25.8 Å². The average molecular weight is 356 g/mol. The number of aromatic nitrogens is 2. The van der Waals surface area contributed by atoms with Crippen molar-refractivity contribution in [3.63, 3.8) is 0 Å². The molecule has 6 nitrogen and oxygen atoms in total. The Kier molecular flexibility index (Phi) is 5.32. The summed E-state index contributed by atoms with van der Waals surface area (Å²) < 4.78 is 7.36. The van der Waals surface area contributed by atoms with Gasteiger partial charge in [-0.2, -0.15) is 5.10 Å². The molecule has 0 atom stereocenters. The maximum atomic E-state index is 12.2. The summed E-state index contributed by atoms with van der Waals surface area (Å²) in [5, 5.41) is 4.50. The first-order valence-corrected chi connectivity index (χ1v) is 9.17. The van der Waals surface area contributed by atoms with Gasteiger partial charge in [-0.15, -0.1) is 0 Å². The third-order valence-electron chi connectivity index (χ3n) is 4.66. The van der Waals surface area contributed by atoms with Gasteiger partial charge < -0.3 is 15.4 Å². The molecule has 2 heterocycles. The Morgan fingerprint density at radius 1 is 1.23 bits per heavy atom. The lowest BCUT2D eigenvalue weighted by molar-refractivity contribution is 0.0205. The minimum Gasteiger partial charge on any atom is -0.444 e. The second-order valence-electron chi connectivity index (χ2n) is 7.83. The van der Waals surface area contributed by atoms with E-state index >= 15 is 0 Å². The molecule has 1 aliphatic heterocycles. The molecule has 1 aromatic heterocycles. The Balaban J connectivity index is 1.60. The van der Waals surface area contributed by atoms with Crippen LogP contribution in [-0.2, 0) is 11.3 Å². The zero-order valence-corrected chi connectivity index (χ0v) is 15.8. The summed E-state index contributed by atoms with van der Waals surface area (Å²) in [4.78, 5) is 14.0. The molecule has 140 valence electrons. The Morgan fingerprint density at radius 3 is 2.46 bits per heavy atom. The number of nitrogens with zero attached hydrogens (tertiary/aromatic N) is 3. The van der Waals surface area contributed by atoms with Gasteiger partial charge in [0.2, 0.25) is 0 Å². The number of hydrogen-bond donors (Lipinski definition) is 1. The summed E-state index contributed by atoms with van der Waals surface area (Å²) in [6, 6.07) is 8.11. The van der Waals surface area contributed by atoms with Crippen LogP contribution in [0.1, 0.15) is 50.7 Å². The van der Waals surface area contributed by atoms with Gasteiger partial charge in [-0.3, -0.25) is 0 Å². The van der Waals surface area contributed by atoms with Gasteiger partial charge in [-0.1, -0.05) is 12.1 Å². The van der Waals surface area contributed by atoms with Crippen LogP contribution in [-0.4, -0.2) is 39.5 Å². The number of benzene rings is 1. The highest BCUT2D eigenvalue weighted by Crippen LogP contribution is 2.29. The first kappa shape index (κ1) is 18.5. The van der Waals surface area contributed by atoms with Gasteiger partial charge in [0.25, 0.3) is 0 Å². The second-order valence-corrected chi connectivity index (χ2v) is 7.83. The van der Waals surface area contributed by atoms with Crippen LogP contribution < -0.4 is 5.73 Å². The van der Waals surface area contributed by atoms with E-state index in [2.05, 4.69) is 11.3 Å². The van der Waals surface area contributed by atoms with Crippen molar-refractivity contribution < 1.29 is 9.53 Å². The van der Waals surface area contributed by atoms with E-state index in [4.69, 9.17) is 10.5 Å². The van der Waals surface area contributed by atoms with E-state index in [0.29, 0.717) is 12.5 Å². The zero-order chi connectivity index (χ0) is 18.7. The van der Waals surface area contributed by atoms with Crippen LogP contribution in [0, 0.1) is 0 Å². The van der Waals surface area contributed by atoms with Crippen molar-refractivity contribution in [1.82, 2.24) is 14.7 Å². The van der Waals surface area contributed by atoms with Crippen LogP contribution in [0.5, 0.6) is 0 Å². The lowest BCUT2D eigenvalue weighted by atomic mass is 9.92. The molecule has 0 radical (unpaired) electrons. The van der Waals surface area contributed by atoms with Gasteiger partial charge in [0.05, 0.1) is 11.9 Å². The number of ether oxygens (including phenoxy) is 1. The van der Waals surface area contributed by atoms with Crippen LogP contribution in [0.15, 0.2) is 36.7 Å². The molecular weight excluding hydrogens is 328 g/mol. The van der Waals surface area contributed by atoms with Crippen molar-refractivity contribution in [3.05, 3.63) is 47.8 Å². The SMILES string of the molecule is CC(C)(C)OC(=O)N1CCC(c2cnn(-c3ccc(CN)cc3)c2)CC1. The molecule has 6 heteroatoms. The van der Waals surface area contributed by atoms with Gasteiger partial charge in [-0.05, 0) is 62.8 Å². The Hall–Kier alpha value is -2.34. The summed E-state index contributed by atoms with van der Waals surface area (Å²) >= 11 is 0. The van der Waals surface area contributed by atoms with E-state index in [1.165, 1.54) is 5.56 Å². The molecule has 2 aromatic rings. The summed E-state index contributed by atoms with van der Waals surface area (Å²) in [6.45, 7) is 7.66. The van der Waals surface area contributed by atoms with E-state index in [-0.39, 0.29) is 6.09 Å². The molecule has 0 aliphatic carbocycles. The first-order valence-electron chi connectivity index (χ1n) is 9.17. The fraction of sp³-hybridized carbons (Fsp3) is 0.500. The van der Waals surface area contributed by atoms with E-state index in [1.807, 2.05) is 55.9 Å². The monoisotopic (exact) mass is 356 g/mol. The molecule has 0 spiro atoms. The molecule has 1 aromatic carbocycles. The van der Waals surface area contributed by atoms with E-state index < -0.39 is 5.60 Å². The van der Waals surface area contributed by atoms with Gasteiger partial charge in [0.15, 0.2) is 0 Å². The van der Waals surface area contributed by atoms with Crippen LogP contribution in [0.4, 0.5) is 4.79 Å². The number of amides is 1. The molecule has 1 amide bonds. The zero-order valence-electron chi connectivity index (χ0n) is 15.8. The number of likely N-dealkylation sites (tertiary alicyclic amines) is 1. The van der Waals surface area contributed by atoms with Crippen LogP contribution in [0.3, 0.4) is 0 Å². The molecule has 26 heavy (non-hydrogen) atoms. The lowest BCUT2D eigenvalue weighted by Crippen LogP contribution is -2.41. The number of rotatable bonds is 3. The van der Waals surface area contributed by atoms with Crippen LogP contribution in [0.25, 0.3) is 5.69 Å². The van der Waals surface area contributed by atoms with Crippen molar-refractivity contribution in [2.75, 3.05) is 13.1 Å². The fourth-order valence-electron chi connectivity index (χ4n) is 3.20. The largest absolute Gasteiger partial charge is 0.444 e. The van der Waals surface area contributed by atoms with E-state index in [0.717, 1.165) is 37.2 Å². The number of carbonyl (C=O) groups is 1. The predicted molar refractivity (Wildman–Crippen MR) is 101 cm³/mol. The minimum absolute atomic E-state index is 0.216. The normalized spacial score (nSPS) is 15.9. The summed E-state index contributed by atoms with van der Waals surface area (Å²) in [7, 11) is 0. The molecular formula is C20H28N4O2. The molecule has 3 rings (SSSR count). The van der Waals surface area contributed by atoms with Gasteiger partial charge >= 0.3 is 6.09 Å². The molecule has 0 unspecified atom stereocenters. The quantitative estimate of drug-likeness (QED) is 0.914. The standard InChI is InChI=1S/C20H28N4O2/c1-20(2,3)26-19(25)23-10-8-16(9-11-23)17-13-22-24(14-17)18-6-4-15(12-21)5-7-18/h4-7,13-14,16H,8-12,21H2,1-3H3. The number of piperidine rings is 1. The third-order valence-corrected chi connectivity index (χ3v) is 4.66. The van der Waals surface area contributed by atoms with Crippen LogP contribution in [0.2, 0.25) is 0 Å². The van der Waals surface area contributed by atoms with E-state index in [1.54, 1.807) is 4.90 Å². The summed E-state index contributed by atoms with van der Waals surface area (Å²) in [5.41, 5.74) is 8.55. The van der Waals surface area contributed by atoms with Crippen LogP contribution >= 0.6 is 0 Å². The smallest absolute Gasteiger partial charge is 0.410 e. The molecule has 0 bridgehead atoms. The summed E-state index contributed by atoms with van der Waals surface area (Å²) in [5.74, 6) is 0.422. The Bertz CT molecular complexity index is 738. The van der Waals surface area contributed by atoms with Crippen molar-refractivity contribution in [2.24, 2.45) is 5.73 Å². The maximum absolute atomic E-state index is 12.2. The highest BCUT2D eigenvalue weighted by Gasteiger charge is 2.28. The number of nitrogens with two attached hydrogens (primary N) is 1. The van der Waals surface area contributed by atoms with Crippen molar-refractivity contribution in [3.8, 4) is 5.69 Å². The number of carbonyl (C=O) groups excluding carboxylic acids is 1. The van der Waals surface area contributed by atoms with Crippen molar-refractivity contribution in [2.45, 2.75) is 51.7 Å². The number of hydrogen-bond acceptors (Lipinski definition) is 4. The molecule has 1 saturated heterocycles. The highest BCUT2D eigenvalue weighted by atomic mass is 16.6. The first-order chi connectivity index (χ1) is 12.4. The molecule has 0 saturated carbocycles. The highest BCUT2D eigenvalue weighted by molar-refractivity contribution is 5.68. The fourth-order valence-corrected chi connectivity index (χ4v) is 3.20. The third kappa shape index (κ3) is 4.43. The van der Waals surface area contributed by atoms with Gasteiger partial charge in [-0.25, -0.2) is 9.48 Å². The molecule has 1 fully saturated rings. The molecule has 2 N–H and O–H groups in total. The topological polar surface area (TPSA) is 73.4 Å².